The van der Waals surface area contributed by atoms with Gasteiger partial charge in [-0.2, -0.15) is 0 Å². The molecule has 2 heterocycles. The second-order valence-corrected chi connectivity index (χ2v) is 7.43. The van der Waals surface area contributed by atoms with Gasteiger partial charge in [0.2, 0.25) is 5.91 Å². The highest BCUT2D eigenvalue weighted by Crippen LogP contribution is 2.13. The normalized spacial score (nSPS) is 19.5. The molecule has 1 saturated heterocycles. The third-order valence-corrected chi connectivity index (χ3v) is 4.62. The number of morpholine rings is 1. The third kappa shape index (κ3) is 5.53. The Morgan fingerprint density at radius 2 is 2.04 bits per heavy atom. The van der Waals surface area contributed by atoms with Crippen LogP contribution in [-0.4, -0.2) is 63.6 Å². The fourth-order valence-electron chi connectivity index (χ4n) is 3.22. The van der Waals surface area contributed by atoms with Crippen molar-refractivity contribution in [2.24, 2.45) is 0 Å². The largest absolute Gasteiger partial charge is 0.372 e. The summed E-state index contributed by atoms with van der Waals surface area (Å²) in [5, 5.41) is 11.4. The van der Waals surface area contributed by atoms with Crippen molar-refractivity contribution in [3.8, 4) is 0 Å². The Morgan fingerprint density at radius 1 is 1.29 bits per heavy atom. The molecule has 28 heavy (non-hydrogen) atoms. The predicted octanol–water partition coefficient (Wildman–Crippen LogP) is 1.54. The number of carbonyl (C=O) groups excluding carboxylic acids is 2. The highest BCUT2D eigenvalue weighted by Gasteiger charge is 2.28. The maximum atomic E-state index is 12.6. The van der Waals surface area contributed by atoms with Crippen molar-refractivity contribution in [3.63, 3.8) is 0 Å². The molecule has 2 atom stereocenters. The van der Waals surface area contributed by atoms with Gasteiger partial charge in [-0.15, -0.1) is 5.10 Å². The molecular weight excluding hydrogens is 382 g/mol. The zero-order chi connectivity index (χ0) is 20.1. The number of benzene rings is 1. The monoisotopic (exact) mass is 405 g/mol. The Balaban J connectivity index is 1.46. The van der Waals surface area contributed by atoms with Gasteiger partial charge < -0.3 is 15.0 Å². The van der Waals surface area contributed by atoms with Crippen molar-refractivity contribution in [1.29, 1.82) is 0 Å². The molecule has 3 rings (SSSR count). The van der Waals surface area contributed by atoms with Crippen molar-refractivity contribution in [3.05, 3.63) is 46.7 Å². The number of nitrogens with one attached hydrogen (secondary N) is 1. The number of ether oxygens (including phenoxy) is 1. The molecule has 0 spiro atoms. The average Bonchev–Trinajstić information content (AvgIpc) is 3.09. The lowest BCUT2D eigenvalue weighted by Gasteiger charge is -2.34. The summed E-state index contributed by atoms with van der Waals surface area (Å²) in [6.07, 6.45) is 1.86. The van der Waals surface area contributed by atoms with Gasteiger partial charge in [0.05, 0.1) is 31.4 Å². The van der Waals surface area contributed by atoms with Gasteiger partial charge in [0.15, 0.2) is 5.69 Å². The van der Waals surface area contributed by atoms with Crippen molar-refractivity contribution in [2.45, 2.75) is 39.0 Å². The molecule has 0 radical (unpaired) electrons. The van der Waals surface area contributed by atoms with E-state index in [4.69, 9.17) is 16.3 Å². The molecule has 2 aromatic rings. The van der Waals surface area contributed by atoms with Gasteiger partial charge in [0.25, 0.3) is 5.91 Å². The number of carbonyl (C=O) groups is 2. The molecule has 150 valence electrons. The minimum Gasteiger partial charge on any atom is -0.372 e. The smallest absolute Gasteiger partial charge is 0.276 e. The van der Waals surface area contributed by atoms with E-state index in [1.807, 2.05) is 26.0 Å². The maximum Gasteiger partial charge on any atom is 0.276 e. The van der Waals surface area contributed by atoms with Crippen LogP contribution < -0.4 is 5.32 Å². The predicted molar refractivity (Wildman–Crippen MR) is 104 cm³/mol. The number of amides is 2. The fraction of sp³-hybridized carbons (Fsp3) is 0.474. The Labute approximate surface area is 168 Å². The number of hydrogen-bond acceptors (Lipinski definition) is 5. The van der Waals surface area contributed by atoms with E-state index in [1.165, 1.54) is 0 Å². The molecule has 1 aromatic carbocycles. The van der Waals surface area contributed by atoms with Gasteiger partial charge in [0, 0.05) is 24.7 Å². The Hall–Kier alpha value is -2.45. The van der Waals surface area contributed by atoms with Gasteiger partial charge in [0.1, 0.15) is 0 Å². The zero-order valence-electron chi connectivity index (χ0n) is 16.0. The van der Waals surface area contributed by atoms with Crippen LogP contribution in [-0.2, 0) is 22.5 Å². The first-order valence-electron chi connectivity index (χ1n) is 9.26. The Morgan fingerprint density at radius 3 is 2.75 bits per heavy atom. The lowest BCUT2D eigenvalue weighted by atomic mass is 10.1. The molecule has 1 N–H and O–H groups in total. The zero-order valence-corrected chi connectivity index (χ0v) is 16.7. The van der Waals surface area contributed by atoms with E-state index in [9.17, 15) is 9.59 Å². The summed E-state index contributed by atoms with van der Waals surface area (Å²) in [6, 6.07) is 7.21. The van der Waals surface area contributed by atoms with Crippen LogP contribution in [0.3, 0.4) is 0 Å². The summed E-state index contributed by atoms with van der Waals surface area (Å²) in [7, 11) is 0. The van der Waals surface area contributed by atoms with Crippen LogP contribution in [0, 0.1) is 0 Å². The Bertz CT molecular complexity index is 830. The van der Waals surface area contributed by atoms with Crippen LogP contribution in [0.4, 0.5) is 0 Å². The van der Waals surface area contributed by atoms with Crippen LogP contribution in [0.1, 0.15) is 29.9 Å². The van der Waals surface area contributed by atoms with Crippen molar-refractivity contribution < 1.29 is 14.3 Å². The van der Waals surface area contributed by atoms with E-state index in [-0.39, 0.29) is 30.4 Å². The lowest BCUT2D eigenvalue weighted by Crippen LogP contribution is -2.48. The average molecular weight is 406 g/mol. The molecule has 1 fully saturated rings. The second kappa shape index (κ2) is 9.16. The fourth-order valence-corrected chi connectivity index (χ4v) is 3.43. The molecule has 0 bridgehead atoms. The van der Waals surface area contributed by atoms with Gasteiger partial charge in [-0.25, -0.2) is 4.68 Å². The number of rotatable bonds is 6. The first kappa shape index (κ1) is 20.3. The second-order valence-electron chi connectivity index (χ2n) is 6.99. The van der Waals surface area contributed by atoms with Gasteiger partial charge in [-0.1, -0.05) is 28.9 Å². The number of halogens is 1. The number of nitrogens with zero attached hydrogens (tertiary/aromatic N) is 4. The summed E-state index contributed by atoms with van der Waals surface area (Å²) in [5.74, 6) is -0.256. The van der Waals surface area contributed by atoms with Gasteiger partial charge >= 0.3 is 0 Å². The quantitative estimate of drug-likeness (QED) is 0.787. The first-order chi connectivity index (χ1) is 13.4. The standard InChI is InChI=1S/C19H24ClN5O3/c1-13-10-24(11-14(2)28-13)19(27)17-12-25(23-22-17)7-6-21-18(26)9-15-4-3-5-16(20)8-15/h3-5,8,12-14H,6-7,9-11H2,1-2H3,(H,21,26)/t13-,14+. The summed E-state index contributed by atoms with van der Waals surface area (Å²) in [6.45, 7) is 5.78. The molecule has 8 nitrogen and oxygen atoms in total. The van der Waals surface area contributed by atoms with E-state index in [2.05, 4.69) is 15.6 Å². The SMILES string of the molecule is C[C@@H]1CN(C(=O)c2cn(CCNC(=O)Cc3cccc(Cl)c3)nn2)C[C@H](C)O1. The van der Waals surface area contributed by atoms with E-state index >= 15 is 0 Å². The number of hydrogen-bond donors (Lipinski definition) is 1. The first-order valence-corrected chi connectivity index (χ1v) is 9.64. The minimum absolute atomic E-state index is 0.00236. The minimum atomic E-state index is -0.154. The third-order valence-electron chi connectivity index (χ3n) is 4.38. The van der Waals surface area contributed by atoms with Crippen LogP contribution in [0.15, 0.2) is 30.5 Å². The maximum absolute atomic E-state index is 12.6. The topological polar surface area (TPSA) is 89.4 Å². The molecule has 9 heteroatoms. The van der Waals surface area contributed by atoms with Gasteiger partial charge in [-0.05, 0) is 31.5 Å². The van der Waals surface area contributed by atoms with Gasteiger partial charge in [-0.3, -0.25) is 9.59 Å². The molecule has 0 unspecified atom stereocenters. The summed E-state index contributed by atoms with van der Waals surface area (Å²) in [4.78, 5) is 26.4. The van der Waals surface area contributed by atoms with Crippen LogP contribution in [0.5, 0.6) is 0 Å². The highest BCUT2D eigenvalue weighted by molar-refractivity contribution is 6.30. The highest BCUT2D eigenvalue weighted by atomic mass is 35.5. The van der Waals surface area contributed by atoms with Crippen molar-refractivity contribution >= 4 is 23.4 Å². The molecular formula is C19H24ClN5O3. The molecule has 0 aliphatic carbocycles. The van der Waals surface area contributed by atoms with E-state index in [0.717, 1.165) is 5.56 Å². The van der Waals surface area contributed by atoms with Crippen LogP contribution >= 0.6 is 11.6 Å². The summed E-state index contributed by atoms with van der Waals surface area (Å²) in [5.41, 5.74) is 1.15. The molecule has 1 aliphatic heterocycles. The molecule has 2 amide bonds. The van der Waals surface area contributed by atoms with Crippen LogP contribution in [0.25, 0.3) is 0 Å². The van der Waals surface area contributed by atoms with E-state index < -0.39 is 0 Å². The Kier molecular flexibility index (Phi) is 6.64. The van der Waals surface area contributed by atoms with Crippen molar-refractivity contribution in [2.75, 3.05) is 19.6 Å². The summed E-state index contributed by atoms with van der Waals surface area (Å²) >= 11 is 5.92. The van der Waals surface area contributed by atoms with E-state index in [0.29, 0.717) is 36.9 Å². The lowest BCUT2D eigenvalue weighted by molar-refractivity contribution is -0.120. The number of aromatic nitrogens is 3. The molecule has 0 saturated carbocycles. The summed E-state index contributed by atoms with van der Waals surface area (Å²) < 4.78 is 7.21. The molecule has 1 aliphatic rings. The van der Waals surface area contributed by atoms with Crippen molar-refractivity contribution in [1.82, 2.24) is 25.2 Å². The van der Waals surface area contributed by atoms with E-state index in [1.54, 1.807) is 27.9 Å². The van der Waals surface area contributed by atoms with Crippen LogP contribution in [0.2, 0.25) is 5.02 Å². The molecule has 1 aromatic heterocycles.